The van der Waals surface area contributed by atoms with Crippen molar-refractivity contribution in [3.8, 4) is 0 Å². The maximum atomic E-state index is 12.3. The SMILES string of the molecule is CCC(C)(C)C(=O)OC1C(=O)OC2C1O[C@@H]1OC3(CCCCC3)O[C@H]21. The number of ether oxygens (including phenoxy) is 5. The summed E-state index contributed by atoms with van der Waals surface area (Å²) in [5.41, 5.74) is -0.661. The highest BCUT2D eigenvalue weighted by Gasteiger charge is 2.65. The van der Waals surface area contributed by atoms with Crippen LogP contribution in [0.25, 0.3) is 0 Å². The first-order chi connectivity index (χ1) is 11.9. The molecular weight excluding hydrogens is 328 g/mol. The van der Waals surface area contributed by atoms with Gasteiger partial charge in [-0.25, -0.2) is 4.79 Å². The largest absolute Gasteiger partial charge is 0.454 e. The average molecular weight is 354 g/mol. The molecule has 0 aromatic heterocycles. The number of rotatable bonds is 3. The van der Waals surface area contributed by atoms with Crippen LogP contribution in [-0.4, -0.2) is 48.4 Å². The molecule has 4 fully saturated rings. The fraction of sp³-hybridized carbons (Fsp3) is 0.889. The maximum absolute atomic E-state index is 12.3. The summed E-state index contributed by atoms with van der Waals surface area (Å²) in [7, 11) is 0. The van der Waals surface area contributed by atoms with E-state index in [1.807, 2.05) is 6.92 Å². The molecule has 140 valence electrons. The molecule has 0 aromatic rings. The van der Waals surface area contributed by atoms with Crippen LogP contribution in [0.2, 0.25) is 0 Å². The molecule has 3 unspecified atom stereocenters. The van der Waals surface area contributed by atoms with E-state index in [0.29, 0.717) is 6.42 Å². The fourth-order valence-corrected chi connectivity index (χ4v) is 3.93. The van der Waals surface area contributed by atoms with Crippen molar-refractivity contribution in [2.75, 3.05) is 0 Å². The van der Waals surface area contributed by atoms with Crippen molar-refractivity contribution >= 4 is 11.9 Å². The smallest absolute Gasteiger partial charge is 0.350 e. The van der Waals surface area contributed by atoms with Crippen LogP contribution in [0, 0.1) is 5.41 Å². The van der Waals surface area contributed by atoms with Crippen LogP contribution in [0.15, 0.2) is 0 Å². The average Bonchev–Trinajstić information content (AvgIpc) is 3.17. The van der Waals surface area contributed by atoms with Crippen LogP contribution >= 0.6 is 0 Å². The molecule has 7 heteroatoms. The topological polar surface area (TPSA) is 80.3 Å². The predicted octanol–water partition coefficient (Wildman–Crippen LogP) is 2.06. The zero-order valence-corrected chi connectivity index (χ0v) is 15.0. The number of carbonyl (C=O) groups is 2. The van der Waals surface area contributed by atoms with Crippen molar-refractivity contribution in [2.24, 2.45) is 5.41 Å². The van der Waals surface area contributed by atoms with Crippen molar-refractivity contribution in [2.45, 2.75) is 95.8 Å². The van der Waals surface area contributed by atoms with Gasteiger partial charge in [0.1, 0.15) is 6.10 Å². The number of hydrogen-bond donors (Lipinski definition) is 0. The highest BCUT2D eigenvalue weighted by molar-refractivity contribution is 5.84. The Hall–Kier alpha value is -1.18. The standard InChI is InChI=1S/C18H26O7/c1-4-17(2,3)16(20)23-12-10-11(21-14(12)19)13-15(22-10)25-18(24-13)8-6-5-7-9-18/h10-13,15H,4-9H2,1-3H3/t10?,11?,12?,13-,15-/m1/s1. The molecule has 25 heavy (non-hydrogen) atoms. The molecule has 0 bridgehead atoms. The molecular formula is C18H26O7. The Morgan fingerprint density at radius 3 is 2.56 bits per heavy atom. The van der Waals surface area contributed by atoms with Crippen LogP contribution in [0.4, 0.5) is 0 Å². The Balaban J connectivity index is 1.45. The zero-order valence-electron chi connectivity index (χ0n) is 15.0. The lowest BCUT2D eigenvalue weighted by Gasteiger charge is -2.33. The van der Waals surface area contributed by atoms with Crippen LogP contribution in [-0.2, 0) is 33.3 Å². The second-order valence-corrected chi connectivity index (χ2v) is 8.11. The molecule has 5 atom stereocenters. The minimum Gasteiger partial charge on any atom is -0.454 e. The van der Waals surface area contributed by atoms with E-state index in [0.717, 1.165) is 25.7 Å². The van der Waals surface area contributed by atoms with E-state index in [-0.39, 0.29) is 0 Å². The van der Waals surface area contributed by atoms with Gasteiger partial charge in [0.2, 0.25) is 6.10 Å². The third-order valence-electron chi connectivity index (χ3n) is 5.96. The zero-order chi connectivity index (χ0) is 17.8. The fourth-order valence-electron chi connectivity index (χ4n) is 3.93. The second-order valence-electron chi connectivity index (χ2n) is 8.11. The molecule has 4 aliphatic rings. The molecule has 0 amide bonds. The van der Waals surface area contributed by atoms with Crippen molar-refractivity contribution in [3.63, 3.8) is 0 Å². The van der Waals surface area contributed by atoms with Gasteiger partial charge in [-0.3, -0.25) is 4.79 Å². The van der Waals surface area contributed by atoms with Crippen LogP contribution in [0.3, 0.4) is 0 Å². The Bertz CT molecular complexity index is 566. The Morgan fingerprint density at radius 1 is 1.16 bits per heavy atom. The molecule has 4 rings (SSSR count). The summed E-state index contributed by atoms with van der Waals surface area (Å²) < 4.78 is 29.0. The number of fused-ring (bicyclic) bond motifs is 3. The van der Waals surface area contributed by atoms with Gasteiger partial charge in [-0.15, -0.1) is 0 Å². The molecule has 0 N–H and O–H groups in total. The number of carbonyl (C=O) groups excluding carboxylic acids is 2. The van der Waals surface area contributed by atoms with Crippen LogP contribution < -0.4 is 0 Å². The summed E-state index contributed by atoms with van der Waals surface area (Å²) in [5, 5.41) is 0. The summed E-state index contributed by atoms with van der Waals surface area (Å²) in [6.07, 6.45) is 2.25. The lowest BCUT2D eigenvalue weighted by atomic mass is 9.90. The molecule has 3 saturated heterocycles. The third-order valence-corrected chi connectivity index (χ3v) is 5.96. The van der Waals surface area contributed by atoms with E-state index >= 15 is 0 Å². The van der Waals surface area contributed by atoms with Crippen molar-refractivity contribution < 1.29 is 33.3 Å². The quantitative estimate of drug-likeness (QED) is 0.718. The summed E-state index contributed by atoms with van der Waals surface area (Å²) in [4.78, 5) is 24.5. The number of esters is 2. The molecule has 1 spiro atoms. The Morgan fingerprint density at radius 2 is 1.88 bits per heavy atom. The lowest BCUT2D eigenvalue weighted by molar-refractivity contribution is -0.246. The highest BCUT2D eigenvalue weighted by Crippen LogP contribution is 2.48. The first-order valence-corrected chi connectivity index (χ1v) is 9.28. The minimum atomic E-state index is -1.05. The van der Waals surface area contributed by atoms with Gasteiger partial charge >= 0.3 is 11.9 Å². The van der Waals surface area contributed by atoms with Gasteiger partial charge in [-0.2, -0.15) is 0 Å². The van der Waals surface area contributed by atoms with E-state index in [2.05, 4.69) is 0 Å². The van der Waals surface area contributed by atoms with E-state index < -0.39 is 53.8 Å². The first-order valence-electron chi connectivity index (χ1n) is 9.28. The highest BCUT2D eigenvalue weighted by atomic mass is 16.9. The van der Waals surface area contributed by atoms with Gasteiger partial charge in [-0.05, 0) is 33.1 Å². The van der Waals surface area contributed by atoms with E-state index in [1.54, 1.807) is 13.8 Å². The third kappa shape index (κ3) is 2.76. The van der Waals surface area contributed by atoms with Gasteiger partial charge in [0.05, 0.1) is 5.41 Å². The minimum absolute atomic E-state index is 0.427. The summed E-state index contributed by atoms with van der Waals surface area (Å²) in [5.74, 6) is -1.60. The second kappa shape index (κ2) is 5.93. The lowest BCUT2D eigenvalue weighted by Crippen LogP contribution is -2.41. The van der Waals surface area contributed by atoms with Gasteiger partial charge in [0.25, 0.3) is 0 Å². The normalized spacial score (nSPS) is 39.2. The molecule has 7 nitrogen and oxygen atoms in total. The Kier molecular flexibility index (Phi) is 4.09. The van der Waals surface area contributed by atoms with Gasteiger partial charge in [0.15, 0.2) is 24.3 Å². The van der Waals surface area contributed by atoms with Gasteiger partial charge < -0.3 is 23.7 Å². The summed E-state index contributed by atoms with van der Waals surface area (Å²) in [6.45, 7) is 5.48. The van der Waals surface area contributed by atoms with Crippen LogP contribution in [0.5, 0.6) is 0 Å². The van der Waals surface area contributed by atoms with Crippen molar-refractivity contribution in [3.05, 3.63) is 0 Å². The molecule has 0 radical (unpaired) electrons. The van der Waals surface area contributed by atoms with Crippen molar-refractivity contribution in [1.82, 2.24) is 0 Å². The van der Waals surface area contributed by atoms with Crippen LogP contribution in [0.1, 0.15) is 59.3 Å². The van der Waals surface area contributed by atoms with E-state index in [1.165, 1.54) is 6.42 Å². The molecule has 1 aliphatic carbocycles. The monoisotopic (exact) mass is 354 g/mol. The maximum Gasteiger partial charge on any atom is 0.350 e. The first kappa shape index (κ1) is 17.2. The molecule has 3 heterocycles. The predicted molar refractivity (Wildman–Crippen MR) is 84.3 cm³/mol. The summed E-state index contributed by atoms with van der Waals surface area (Å²) >= 11 is 0. The van der Waals surface area contributed by atoms with Crippen molar-refractivity contribution in [1.29, 1.82) is 0 Å². The van der Waals surface area contributed by atoms with E-state index in [9.17, 15) is 9.59 Å². The molecule has 0 aromatic carbocycles. The molecule has 3 aliphatic heterocycles. The number of hydrogen-bond acceptors (Lipinski definition) is 7. The molecule has 1 saturated carbocycles. The van der Waals surface area contributed by atoms with Gasteiger partial charge in [-0.1, -0.05) is 13.3 Å². The Labute approximate surface area is 147 Å². The van der Waals surface area contributed by atoms with E-state index in [4.69, 9.17) is 23.7 Å². The van der Waals surface area contributed by atoms with Gasteiger partial charge in [0, 0.05) is 12.8 Å². The summed E-state index contributed by atoms with van der Waals surface area (Å²) in [6, 6.07) is 0.